The van der Waals surface area contributed by atoms with Gasteiger partial charge in [0.2, 0.25) is 11.9 Å². The first-order chi connectivity index (χ1) is 13.8. The summed E-state index contributed by atoms with van der Waals surface area (Å²) in [5, 5.41) is 14.3. The maximum atomic E-state index is 12.7. The fourth-order valence-electron chi connectivity index (χ4n) is 4.25. The number of hydrogen-bond donors (Lipinski definition) is 2. The number of piperazine rings is 1. The van der Waals surface area contributed by atoms with E-state index >= 15 is 0 Å². The van der Waals surface area contributed by atoms with E-state index in [0.717, 1.165) is 57.0 Å². The number of carbonyl (C=O) groups excluding carboxylic acids is 1. The second kappa shape index (κ2) is 9.82. The molecule has 3 heterocycles. The third kappa shape index (κ3) is 6.62. The molecule has 0 bridgehead atoms. The maximum absolute atomic E-state index is 12.7. The Hall–Kier alpha value is -1.77. The van der Waals surface area contributed by atoms with Crippen molar-refractivity contribution in [2.45, 2.75) is 45.1 Å². The molecule has 0 aliphatic carbocycles. The van der Waals surface area contributed by atoms with E-state index in [0.29, 0.717) is 38.4 Å². The lowest BCUT2D eigenvalue weighted by Crippen LogP contribution is -2.51. The van der Waals surface area contributed by atoms with Crippen molar-refractivity contribution >= 4 is 11.9 Å². The van der Waals surface area contributed by atoms with Gasteiger partial charge in [0.25, 0.3) is 0 Å². The summed E-state index contributed by atoms with van der Waals surface area (Å²) in [5.74, 6) is 0.707. The molecule has 0 saturated carbocycles. The summed E-state index contributed by atoms with van der Waals surface area (Å²) < 4.78 is 0. The molecule has 162 valence electrons. The van der Waals surface area contributed by atoms with Crippen LogP contribution < -0.4 is 5.32 Å². The Morgan fingerprint density at radius 1 is 1.10 bits per heavy atom. The first-order valence-electron chi connectivity index (χ1n) is 10.8. The van der Waals surface area contributed by atoms with Crippen molar-refractivity contribution in [1.82, 2.24) is 24.7 Å². The molecule has 2 saturated heterocycles. The van der Waals surface area contributed by atoms with Gasteiger partial charge in [0.1, 0.15) is 0 Å². The molecular formula is C21H36N6O2. The van der Waals surface area contributed by atoms with Gasteiger partial charge < -0.3 is 20.2 Å². The molecule has 29 heavy (non-hydrogen) atoms. The van der Waals surface area contributed by atoms with Crippen LogP contribution in [-0.4, -0.2) is 101 Å². The zero-order valence-electron chi connectivity index (χ0n) is 18.2. The Kier molecular flexibility index (Phi) is 7.43. The molecule has 1 atom stereocenters. The first-order valence-corrected chi connectivity index (χ1v) is 10.8. The lowest BCUT2D eigenvalue weighted by molar-refractivity contribution is -0.131. The predicted octanol–water partition coefficient (Wildman–Crippen LogP) is 0.886. The summed E-state index contributed by atoms with van der Waals surface area (Å²) in [6, 6.07) is 1.93. The van der Waals surface area contributed by atoms with Crippen LogP contribution in [0.15, 0.2) is 6.07 Å². The van der Waals surface area contributed by atoms with Crippen LogP contribution in [0.25, 0.3) is 0 Å². The summed E-state index contributed by atoms with van der Waals surface area (Å²) in [5.41, 5.74) is 1.15. The van der Waals surface area contributed by atoms with Gasteiger partial charge in [0, 0.05) is 70.2 Å². The number of nitrogens with zero attached hydrogens (tertiary/aromatic N) is 5. The maximum Gasteiger partial charge on any atom is 0.224 e. The van der Waals surface area contributed by atoms with Crippen LogP contribution in [0.3, 0.4) is 0 Å². The largest absolute Gasteiger partial charge is 0.388 e. The van der Waals surface area contributed by atoms with Crippen LogP contribution in [0.1, 0.15) is 37.1 Å². The van der Waals surface area contributed by atoms with Gasteiger partial charge in [-0.1, -0.05) is 0 Å². The Morgan fingerprint density at radius 2 is 1.79 bits per heavy atom. The van der Waals surface area contributed by atoms with Crippen molar-refractivity contribution < 1.29 is 9.90 Å². The number of amides is 1. The normalized spacial score (nSPS) is 24.3. The van der Waals surface area contributed by atoms with Crippen LogP contribution in [0.5, 0.6) is 0 Å². The molecule has 8 nitrogen and oxygen atoms in total. The van der Waals surface area contributed by atoms with Gasteiger partial charge in [-0.15, -0.1) is 0 Å². The van der Waals surface area contributed by atoms with E-state index in [1.165, 1.54) is 0 Å². The fourth-order valence-corrected chi connectivity index (χ4v) is 4.25. The molecule has 1 amide bonds. The van der Waals surface area contributed by atoms with Crippen LogP contribution in [0, 0.1) is 13.8 Å². The second-order valence-electron chi connectivity index (χ2n) is 8.69. The monoisotopic (exact) mass is 404 g/mol. The average molecular weight is 405 g/mol. The number of β-amino-alcohol motifs (C(OH)–C–C–N with tert-alkyl or cyclic N) is 1. The Morgan fingerprint density at radius 3 is 2.48 bits per heavy atom. The zero-order chi connectivity index (χ0) is 20.9. The zero-order valence-corrected chi connectivity index (χ0v) is 18.2. The van der Waals surface area contributed by atoms with E-state index in [1.807, 2.05) is 24.8 Å². The van der Waals surface area contributed by atoms with Crippen molar-refractivity contribution in [2.75, 3.05) is 64.7 Å². The van der Waals surface area contributed by atoms with Gasteiger partial charge in [0.15, 0.2) is 0 Å². The van der Waals surface area contributed by atoms with Gasteiger partial charge in [-0.05, 0) is 46.2 Å². The Balaban J connectivity index is 1.44. The highest BCUT2D eigenvalue weighted by Gasteiger charge is 2.33. The van der Waals surface area contributed by atoms with Gasteiger partial charge >= 0.3 is 0 Å². The lowest BCUT2D eigenvalue weighted by atomic mass is 9.94. The van der Waals surface area contributed by atoms with Crippen molar-refractivity contribution in [2.24, 2.45) is 0 Å². The third-order valence-electron chi connectivity index (χ3n) is 5.99. The highest BCUT2D eigenvalue weighted by atomic mass is 16.3. The molecule has 0 aromatic carbocycles. The number of likely N-dealkylation sites (N-methyl/N-ethyl adjacent to an activating group) is 1. The molecule has 2 fully saturated rings. The molecule has 1 unspecified atom stereocenters. The number of carbonyl (C=O) groups is 1. The number of nitrogens with one attached hydrogen (secondary N) is 1. The summed E-state index contributed by atoms with van der Waals surface area (Å²) in [7, 11) is 2.14. The molecule has 1 aromatic rings. The Labute approximate surface area is 174 Å². The molecular weight excluding hydrogens is 368 g/mol. The van der Waals surface area contributed by atoms with Crippen molar-refractivity contribution in [3.8, 4) is 0 Å². The van der Waals surface area contributed by atoms with E-state index in [9.17, 15) is 9.90 Å². The minimum atomic E-state index is -0.684. The van der Waals surface area contributed by atoms with Gasteiger partial charge in [-0.3, -0.25) is 9.69 Å². The topological polar surface area (TPSA) is 84.8 Å². The molecule has 2 aliphatic rings. The number of hydrogen-bond acceptors (Lipinski definition) is 7. The van der Waals surface area contributed by atoms with Gasteiger partial charge in [-0.25, -0.2) is 9.97 Å². The minimum Gasteiger partial charge on any atom is -0.388 e. The van der Waals surface area contributed by atoms with Crippen LogP contribution >= 0.6 is 0 Å². The molecule has 0 spiro atoms. The summed E-state index contributed by atoms with van der Waals surface area (Å²) >= 11 is 0. The van der Waals surface area contributed by atoms with Crippen molar-refractivity contribution in [3.05, 3.63) is 17.5 Å². The number of aryl methyl sites for hydroxylation is 2. The first kappa shape index (κ1) is 21.9. The van der Waals surface area contributed by atoms with Crippen LogP contribution in [0.2, 0.25) is 0 Å². The molecule has 2 aliphatic heterocycles. The molecule has 0 radical (unpaired) electrons. The number of aliphatic hydroxyl groups is 1. The second-order valence-corrected chi connectivity index (χ2v) is 8.69. The predicted molar refractivity (Wildman–Crippen MR) is 114 cm³/mol. The van der Waals surface area contributed by atoms with Crippen molar-refractivity contribution in [3.63, 3.8) is 0 Å². The van der Waals surface area contributed by atoms with Crippen molar-refractivity contribution in [1.29, 1.82) is 0 Å². The average Bonchev–Trinajstić information content (AvgIpc) is 2.85. The van der Waals surface area contributed by atoms with Gasteiger partial charge in [0.05, 0.1) is 5.60 Å². The van der Waals surface area contributed by atoms with E-state index in [1.54, 1.807) is 0 Å². The summed E-state index contributed by atoms with van der Waals surface area (Å²) in [6.07, 6.45) is 2.67. The SMILES string of the molecule is Cc1cc(C)nc(NCCC(=O)N2CCCC(O)(CN3CCN(C)CC3)CC2)n1. The van der Waals surface area contributed by atoms with E-state index in [2.05, 4.69) is 32.1 Å². The molecule has 2 N–H and O–H groups in total. The smallest absolute Gasteiger partial charge is 0.224 e. The number of likely N-dealkylation sites (tertiary alicyclic amines) is 1. The number of aromatic nitrogens is 2. The van der Waals surface area contributed by atoms with Crippen LogP contribution in [-0.2, 0) is 4.79 Å². The highest BCUT2D eigenvalue weighted by molar-refractivity contribution is 5.76. The van der Waals surface area contributed by atoms with E-state index in [-0.39, 0.29) is 5.91 Å². The quantitative estimate of drug-likeness (QED) is 0.728. The molecule has 1 aromatic heterocycles. The number of rotatable bonds is 6. The van der Waals surface area contributed by atoms with E-state index < -0.39 is 5.60 Å². The molecule has 8 heteroatoms. The highest BCUT2D eigenvalue weighted by Crippen LogP contribution is 2.24. The fraction of sp³-hybridized carbons (Fsp3) is 0.762. The van der Waals surface area contributed by atoms with Crippen LogP contribution in [0.4, 0.5) is 5.95 Å². The third-order valence-corrected chi connectivity index (χ3v) is 5.99. The Bertz CT molecular complexity index is 671. The standard InChI is InChI=1S/C21H36N6O2/c1-17-15-18(2)24-20(23-17)22-8-5-19(28)27-9-4-6-21(29,7-10-27)16-26-13-11-25(3)12-14-26/h15,29H,4-14,16H2,1-3H3,(H,22,23,24). The lowest BCUT2D eigenvalue weighted by Gasteiger charge is -2.38. The number of anilines is 1. The minimum absolute atomic E-state index is 0.130. The molecule has 3 rings (SSSR count). The van der Waals surface area contributed by atoms with E-state index in [4.69, 9.17) is 0 Å². The summed E-state index contributed by atoms with van der Waals surface area (Å²) in [4.78, 5) is 28.0. The summed E-state index contributed by atoms with van der Waals surface area (Å²) in [6.45, 7) is 10.6. The van der Waals surface area contributed by atoms with Gasteiger partial charge in [-0.2, -0.15) is 0 Å².